The number of para-hydroxylation sites is 1. The van der Waals surface area contributed by atoms with E-state index in [9.17, 15) is 9.59 Å². The van der Waals surface area contributed by atoms with Crippen molar-refractivity contribution in [1.29, 1.82) is 0 Å². The van der Waals surface area contributed by atoms with Crippen LogP contribution in [0.15, 0.2) is 28.7 Å². The van der Waals surface area contributed by atoms with Crippen molar-refractivity contribution in [1.82, 2.24) is 4.90 Å². The molecule has 2 unspecified atom stereocenters. The van der Waals surface area contributed by atoms with Gasteiger partial charge in [-0.2, -0.15) is 0 Å². The van der Waals surface area contributed by atoms with Crippen LogP contribution in [0.25, 0.3) is 0 Å². The summed E-state index contributed by atoms with van der Waals surface area (Å²) in [5, 5.41) is 0. The fourth-order valence-electron chi connectivity index (χ4n) is 3.55. The Hall–Kier alpha value is -1.11. The van der Waals surface area contributed by atoms with Gasteiger partial charge in [-0.3, -0.25) is 9.59 Å². The van der Waals surface area contributed by atoms with E-state index in [2.05, 4.69) is 15.9 Å². The first kappa shape index (κ1) is 19.2. The summed E-state index contributed by atoms with van der Waals surface area (Å²) in [4.78, 5) is 28.9. The van der Waals surface area contributed by atoms with E-state index in [0.29, 0.717) is 13.1 Å². The highest BCUT2D eigenvalue weighted by Gasteiger charge is 2.39. The summed E-state index contributed by atoms with van der Waals surface area (Å²) < 4.78 is 0.874. The van der Waals surface area contributed by atoms with E-state index >= 15 is 0 Å². The number of halogens is 2. The second-order valence-corrected chi connectivity index (χ2v) is 7.13. The summed E-state index contributed by atoms with van der Waals surface area (Å²) in [6, 6.07) is 7.75. The van der Waals surface area contributed by atoms with Gasteiger partial charge in [-0.15, -0.1) is 12.4 Å². The molecule has 2 N–H and O–H groups in total. The summed E-state index contributed by atoms with van der Waals surface area (Å²) in [6.45, 7) is 1.72. The molecule has 0 bridgehead atoms. The van der Waals surface area contributed by atoms with E-state index in [1.165, 1.54) is 0 Å². The molecule has 2 aliphatic rings. The second kappa shape index (κ2) is 8.32. The van der Waals surface area contributed by atoms with E-state index in [-0.39, 0.29) is 42.6 Å². The van der Waals surface area contributed by atoms with Crippen molar-refractivity contribution >= 4 is 45.8 Å². The molecule has 2 heterocycles. The van der Waals surface area contributed by atoms with E-state index < -0.39 is 0 Å². The molecule has 2 atom stereocenters. The standard InChI is InChI=1S/C17H22BrN3O2.ClH/c18-14-6-1-2-7-15(14)21-11-12(9-16(21)22)17(23)20-8-4-3-5-13(20)10-19;/h1-2,6-7,12-13H,3-5,8-11,19H2;1H. The van der Waals surface area contributed by atoms with Crippen molar-refractivity contribution < 1.29 is 9.59 Å². The molecule has 1 aromatic rings. The van der Waals surface area contributed by atoms with Gasteiger partial charge in [0.25, 0.3) is 0 Å². The van der Waals surface area contributed by atoms with Crippen LogP contribution in [0.5, 0.6) is 0 Å². The Bertz CT molecular complexity index is 613. The molecular formula is C17H23BrClN3O2. The van der Waals surface area contributed by atoms with Gasteiger partial charge in [0.05, 0.1) is 11.6 Å². The first-order valence-corrected chi connectivity index (χ1v) is 8.96. The lowest BCUT2D eigenvalue weighted by molar-refractivity contribution is -0.139. The molecule has 0 spiro atoms. The Labute approximate surface area is 157 Å². The van der Waals surface area contributed by atoms with Crippen molar-refractivity contribution in [2.45, 2.75) is 31.7 Å². The Morgan fingerprint density at radius 1 is 1.29 bits per heavy atom. The van der Waals surface area contributed by atoms with E-state index in [0.717, 1.165) is 36.0 Å². The number of carbonyl (C=O) groups is 2. The number of nitrogens with zero attached hydrogens (tertiary/aromatic N) is 2. The quantitative estimate of drug-likeness (QED) is 0.823. The van der Waals surface area contributed by atoms with Crippen molar-refractivity contribution in [3.05, 3.63) is 28.7 Å². The SMILES string of the molecule is Cl.NCC1CCCCN1C(=O)C1CC(=O)N(c2ccccc2Br)C1. The lowest BCUT2D eigenvalue weighted by Crippen LogP contribution is -2.50. The maximum absolute atomic E-state index is 12.9. The molecule has 0 radical (unpaired) electrons. The van der Waals surface area contributed by atoms with Crippen molar-refractivity contribution in [2.75, 3.05) is 24.5 Å². The van der Waals surface area contributed by atoms with Crippen LogP contribution >= 0.6 is 28.3 Å². The molecule has 1 aromatic carbocycles. The van der Waals surface area contributed by atoms with Crippen molar-refractivity contribution in [2.24, 2.45) is 11.7 Å². The number of anilines is 1. The Kier molecular flexibility index (Phi) is 6.66. The number of likely N-dealkylation sites (tertiary alicyclic amines) is 1. The zero-order valence-electron chi connectivity index (χ0n) is 13.5. The maximum Gasteiger partial charge on any atom is 0.228 e. The predicted molar refractivity (Wildman–Crippen MR) is 100 cm³/mol. The average Bonchev–Trinajstić information content (AvgIpc) is 2.96. The monoisotopic (exact) mass is 415 g/mol. The minimum atomic E-state index is -0.262. The molecule has 5 nitrogen and oxygen atoms in total. The molecular weight excluding hydrogens is 394 g/mol. The topological polar surface area (TPSA) is 66.6 Å². The summed E-state index contributed by atoms with van der Waals surface area (Å²) in [7, 11) is 0. The largest absolute Gasteiger partial charge is 0.338 e. The van der Waals surface area contributed by atoms with Crippen LogP contribution < -0.4 is 10.6 Å². The van der Waals surface area contributed by atoms with Crippen molar-refractivity contribution in [3.63, 3.8) is 0 Å². The molecule has 0 aliphatic carbocycles. The van der Waals surface area contributed by atoms with Gasteiger partial charge < -0.3 is 15.5 Å². The Morgan fingerprint density at radius 3 is 2.75 bits per heavy atom. The van der Waals surface area contributed by atoms with Crippen LogP contribution in [-0.4, -0.2) is 42.4 Å². The number of hydrogen-bond acceptors (Lipinski definition) is 3. The number of carbonyl (C=O) groups excluding carboxylic acids is 2. The van der Waals surface area contributed by atoms with Gasteiger partial charge in [-0.25, -0.2) is 0 Å². The van der Waals surface area contributed by atoms with Crippen LogP contribution in [0, 0.1) is 5.92 Å². The summed E-state index contributed by atoms with van der Waals surface area (Å²) in [5.41, 5.74) is 6.65. The summed E-state index contributed by atoms with van der Waals surface area (Å²) in [6.07, 6.45) is 3.40. The van der Waals surface area contributed by atoms with Crippen LogP contribution in [0.2, 0.25) is 0 Å². The zero-order valence-corrected chi connectivity index (χ0v) is 15.9. The molecule has 2 amide bonds. The molecule has 0 aromatic heterocycles. The fourth-order valence-corrected chi connectivity index (χ4v) is 4.05. The number of piperidine rings is 1. The molecule has 2 saturated heterocycles. The molecule has 2 aliphatic heterocycles. The molecule has 24 heavy (non-hydrogen) atoms. The number of benzene rings is 1. The average molecular weight is 417 g/mol. The summed E-state index contributed by atoms with van der Waals surface area (Å²) >= 11 is 3.48. The van der Waals surface area contributed by atoms with Gasteiger partial charge >= 0.3 is 0 Å². The minimum absolute atomic E-state index is 0. The number of nitrogens with two attached hydrogens (primary N) is 1. The van der Waals surface area contributed by atoms with Gasteiger partial charge in [0.15, 0.2) is 0 Å². The van der Waals surface area contributed by atoms with Crippen LogP contribution in [0.4, 0.5) is 5.69 Å². The summed E-state index contributed by atoms with van der Waals surface area (Å²) in [5.74, 6) is -0.165. The van der Waals surface area contributed by atoms with Crippen molar-refractivity contribution in [3.8, 4) is 0 Å². The Morgan fingerprint density at radius 2 is 2.04 bits per heavy atom. The lowest BCUT2D eigenvalue weighted by atomic mass is 9.98. The molecule has 7 heteroatoms. The normalized spacial score (nSPS) is 24.0. The molecule has 3 rings (SSSR count). The first-order valence-electron chi connectivity index (χ1n) is 8.17. The number of hydrogen-bond donors (Lipinski definition) is 1. The maximum atomic E-state index is 12.9. The number of rotatable bonds is 3. The van der Waals surface area contributed by atoms with Crippen LogP contribution in [0.1, 0.15) is 25.7 Å². The highest BCUT2D eigenvalue weighted by molar-refractivity contribution is 9.10. The van der Waals surface area contributed by atoms with Gasteiger partial charge in [0, 0.05) is 36.6 Å². The van der Waals surface area contributed by atoms with Gasteiger partial charge in [-0.1, -0.05) is 12.1 Å². The third kappa shape index (κ3) is 3.76. The van der Waals surface area contributed by atoms with Gasteiger partial charge in [0.1, 0.15) is 0 Å². The van der Waals surface area contributed by atoms with Crippen LogP contribution in [0.3, 0.4) is 0 Å². The van der Waals surface area contributed by atoms with Crippen LogP contribution in [-0.2, 0) is 9.59 Å². The third-order valence-electron chi connectivity index (χ3n) is 4.80. The first-order chi connectivity index (χ1) is 11.1. The zero-order chi connectivity index (χ0) is 16.4. The minimum Gasteiger partial charge on any atom is -0.338 e. The third-order valence-corrected chi connectivity index (χ3v) is 5.47. The molecule has 132 valence electrons. The predicted octanol–water partition coefficient (Wildman–Crippen LogP) is 2.56. The number of amides is 2. The second-order valence-electron chi connectivity index (χ2n) is 6.27. The smallest absolute Gasteiger partial charge is 0.228 e. The highest BCUT2D eigenvalue weighted by Crippen LogP contribution is 2.32. The molecule has 2 fully saturated rings. The van der Waals surface area contributed by atoms with Gasteiger partial charge in [0.2, 0.25) is 11.8 Å². The Balaban J connectivity index is 0.00000208. The van der Waals surface area contributed by atoms with Gasteiger partial charge in [-0.05, 0) is 47.3 Å². The molecule has 0 saturated carbocycles. The van der Waals surface area contributed by atoms with E-state index in [4.69, 9.17) is 5.73 Å². The lowest BCUT2D eigenvalue weighted by Gasteiger charge is -2.36. The van der Waals surface area contributed by atoms with E-state index in [1.807, 2.05) is 29.2 Å². The highest BCUT2D eigenvalue weighted by atomic mass is 79.9. The van der Waals surface area contributed by atoms with E-state index in [1.54, 1.807) is 4.90 Å². The fraction of sp³-hybridized carbons (Fsp3) is 0.529.